The summed E-state index contributed by atoms with van der Waals surface area (Å²) in [6, 6.07) is 18.5. The average Bonchev–Trinajstić information content (AvgIpc) is 3.18. The van der Waals surface area contributed by atoms with Gasteiger partial charge < -0.3 is 5.73 Å². The van der Waals surface area contributed by atoms with E-state index in [2.05, 4.69) is 41.3 Å². The third-order valence-electron chi connectivity index (χ3n) is 5.57. The molecule has 1 heterocycles. The van der Waals surface area contributed by atoms with Crippen LogP contribution in [0.25, 0.3) is 0 Å². The molecule has 0 aromatic heterocycles. The molecule has 2 aliphatic rings. The highest BCUT2D eigenvalue weighted by Gasteiger charge is 2.37. The zero-order valence-corrected chi connectivity index (χ0v) is 14.4. The maximum absolute atomic E-state index is 11.2. The van der Waals surface area contributed by atoms with Gasteiger partial charge in [0.1, 0.15) is 0 Å². The van der Waals surface area contributed by atoms with Gasteiger partial charge in [0, 0.05) is 25.2 Å². The van der Waals surface area contributed by atoms with Crippen molar-refractivity contribution in [1.29, 1.82) is 0 Å². The van der Waals surface area contributed by atoms with Crippen molar-refractivity contribution in [2.24, 2.45) is 17.6 Å². The second kappa shape index (κ2) is 6.85. The summed E-state index contributed by atoms with van der Waals surface area (Å²) in [7, 11) is 0. The number of primary amides is 1. The fourth-order valence-electron chi connectivity index (χ4n) is 4.27. The second-order valence-electron chi connectivity index (χ2n) is 7.30. The summed E-state index contributed by atoms with van der Waals surface area (Å²) in [4.78, 5) is 13.8. The van der Waals surface area contributed by atoms with Gasteiger partial charge in [0.25, 0.3) is 0 Å². The molecule has 0 radical (unpaired) electrons. The van der Waals surface area contributed by atoms with Gasteiger partial charge in [0.2, 0.25) is 5.91 Å². The highest BCUT2D eigenvalue weighted by atomic mass is 16.1. The number of rotatable bonds is 5. The maximum atomic E-state index is 11.2. The van der Waals surface area contributed by atoms with Crippen molar-refractivity contribution in [3.63, 3.8) is 0 Å². The first-order valence-electron chi connectivity index (χ1n) is 9.03. The van der Waals surface area contributed by atoms with Gasteiger partial charge in [-0.2, -0.15) is 0 Å². The number of carbonyl (C=O) groups is 1. The molecule has 0 spiro atoms. The summed E-state index contributed by atoms with van der Waals surface area (Å²) < 4.78 is 0. The maximum Gasteiger partial charge on any atom is 0.248 e. The van der Waals surface area contributed by atoms with Crippen LogP contribution in [-0.4, -0.2) is 23.9 Å². The third kappa shape index (κ3) is 3.52. The number of allylic oxidation sites excluding steroid dienone is 1. The first-order chi connectivity index (χ1) is 12.2. The fourth-order valence-corrected chi connectivity index (χ4v) is 4.27. The van der Waals surface area contributed by atoms with E-state index in [-0.39, 0.29) is 5.91 Å². The Morgan fingerprint density at radius 2 is 1.76 bits per heavy atom. The number of likely N-dealkylation sites (tertiary alicyclic amines) is 1. The lowest BCUT2D eigenvalue weighted by Gasteiger charge is -2.17. The molecule has 1 amide bonds. The summed E-state index contributed by atoms with van der Waals surface area (Å²) in [6.07, 6.45) is 4.63. The van der Waals surface area contributed by atoms with Crippen LogP contribution >= 0.6 is 0 Å². The van der Waals surface area contributed by atoms with Crippen molar-refractivity contribution in [3.8, 4) is 0 Å². The van der Waals surface area contributed by atoms with E-state index in [4.69, 9.17) is 5.73 Å². The van der Waals surface area contributed by atoms with Crippen LogP contribution in [0.2, 0.25) is 0 Å². The molecule has 0 bridgehead atoms. The smallest absolute Gasteiger partial charge is 0.248 e. The Bertz CT molecular complexity index is 779. The molecule has 2 aromatic rings. The molecule has 3 nitrogen and oxygen atoms in total. The van der Waals surface area contributed by atoms with E-state index >= 15 is 0 Å². The topological polar surface area (TPSA) is 46.3 Å². The van der Waals surface area contributed by atoms with Crippen molar-refractivity contribution in [1.82, 2.24) is 4.90 Å². The fraction of sp³-hybridized carbons (Fsp3) is 0.318. The predicted molar refractivity (Wildman–Crippen MR) is 100 cm³/mol. The standard InChI is InChI=1S/C22H24N2O/c23-22(25)18-8-6-16(7-9-18)12-19-10-11-20-14-24(15-21(19)20)13-17-4-2-1-3-5-17/h1-10,20-21H,11-15H2,(H2,23,25). The van der Waals surface area contributed by atoms with Crippen LogP contribution in [0.15, 0.2) is 66.2 Å². The minimum Gasteiger partial charge on any atom is -0.366 e. The van der Waals surface area contributed by atoms with E-state index in [1.165, 1.54) is 24.1 Å². The van der Waals surface area contributed by atoms with E-state index in [0.29, 0.717) is 11.5 Å². The Hall–Kier alpha value is -2.39. The molecule has 2 N–H and O–H groups in total. The quantitative estimate of drug-likeness (QED) is 0.853. The summed E-state index contributed by atoms with van der Waals surface area (Å²) >= 11 is 0. The van der Waals surface area contributed by atoms with E-state index in [1.807, 2.05) is 24.3 Å². The number of amides is 1. The lowest BCUT2D eigenvalue weighted by Crippen LogP contribution is -2.21. The van der Waals surface area contributed by atoms with E-state index in [0.717, 1.165) is 25.4 Å². The van der Waals surface area contributed by atoms with Gasteiger partial charge >= 0.3 is 0 Å². The monoisotopic (exact) mass is 332 g/mol. The number of hydrogen-bond donors (Lipinski definition) is 1. The molecule has 1 saturated heterocycles. The summed E-state index contributed by atoms with van der Waals surface area (Å²) in [6.45, 7) is 3.40. The highest BCUT2D eigenvalue weighted by molar-refractivity contribution is 5.92. The van der Waals surface area contributed by atoms with Crippen LogP contribution in [-0.2, 0) is 13.0 Å². The first-order valence-corrected chi connectivity index (χ1v) is 9.03. The lowest BCUT2D eigenvalue weighted by atomic mass is 9.91. The lowest BCUT2D eigenvalue weighted by molar-refractivity contribution is 0.100. The molecule has 1 aliphatic carbocycles. The number of nitrogens with zero attached hydrogens (tertiary/aromatic N) is 1. The molecule has 3 heteroatoms. The molecule has 2 unspecified atom stereocenters. The third-order valence-corrected chi connectivity index (χ3v) is 5.57. The molecule has 0 saturated carbocycles. The number of hydrogen-bond acceptors (Lipinski definition) is 2. The Morgan fingerprint density at radius 3 is 2.48 bits per heavy atom. The van der Waals surface area contributed by atoms with Crippen molar-refractivity contribution in [3.05, 3.63) is 82.9 Å². The van der Waals surface area contributed by atoms with Crippen molar-refractivity contribution in [2.45, 2.75) is 19.4 Å². The van der Waals surface area contributed by atoms with E-state index in [9.17, 15) is 4.79 Å². The van der Waals surface area contributed by atoms with Crippen molar-refractivity contribution >= 4 is 5.91 Å². The van der Waals surface area contributed by atoms with E-state index < -0.39 is 0 Å². The molecule has 1 aliphatic heterocycles. The van der Waals surface area contributed by atoms with Crippen molar-refractivity contribution in [2.75, 3.05) is 13.1 Å². The Morgan fingerprint density at radius 1 is 1.00 bits per heavy atom. The molecule has 128 valence electrons. The zero-order chi connectivity index (χ0) is 17.2. The first kappa shape index (κ1) is 16.1. The van der Waals surface area contributed by atoms with Crippen LogP contribution < -0.4 is 5.73 Å². The normalized spacial score (nSPS) is 22.6. The van der Waals surface area contributed by atoms with Crippen LogP contribution in [0.1, 0.15) is 27.9 Å². The van der Waals surface area contributed by atoms with Crippen LogP contribution in [0, 0.1) is 11.8 Å². The molecular formula is C22H24N2O. The molecule has 25 heavy (non-hydrogen) atoms. The summed E-state index contributed by atoms with van der Waals surface area (Å²) in [5, 5.41) is 0. The van der Waals surface area contributed by atoms with Gasteiger partial charge in [0.15, 0.2) is 0 Å². The van der Waals surface area contributed by atoms with Gasteiger partial charge in [-0.25, -0.2) is 0 Å². The molecule has 2 aromatic carbocycles. The minimum atomic E-state index is -0.362. The number of fused-ring (bicyclic) bond motifs is 1. The zero-order valence-electron chi connectivity index (χ0n) is 14.4. The second-order valence-corrected chi connectivity index (χ2v) is 7.30. The van der Waals surface area contributed by atoms with Crippen molar-refractivity contribution < 1.29 is 4.79 Å². The van der Waals surface area contributed by atoms with Gasteiger partial charge in [0.05, 0.1) is 0 Å². The van der Waals surface area contributed by atoms with Crippen LogP contribution in [0.3, 0.4) is 0 Å². The Balaban J connectivity index is 1.39. The molecule has 2 atom stereocenters. The number of carbonyl (C=O) groups excluding carboxylic acids is 1. The number of nitrogens with two attached hydrogens (primary N) is 1. The predicted octanol–water partition coefficient (Wildman–Crippen LogP) is 3.41. The largest absolute Gasteiger partial charge is 0.366 e. The molecule has 4 rings (SSSR count). The minimum absolute atomic E-state index is 0.362. The van der Waals surface area contributed by atoms with Gasteiger partial charge in [-0.3, -0.25) is 9.69 Å². The van der Waals surface area contributed by atoms with Gasteiger partial charge in [-0.15, -0.1) is 0 Å². The molecule has 1 fully saturated rings. The summed E-state index contributed by atoms with van der Waals surface area (Å²) in [5.41, 5.74) is 10.1. The van der Waals surface area contributed by atoms with Crippen LogP contribution in [0.4, 0.5) is 0 Å². The summed E-state index contributed by atoms with van der Waals surface area (Å²) in [5.74, 6) is 1.09. The number of benzene rings is 2. The Labute approximate surface area is 149 Å². The van der Waals surface area contributed by atoms with Gasteiger partial charge in [-0.1, -0.05) is 54.1 Å². The highest BCUT2D eigenvalue weighted by Crippen LogP contribution is 2.39. The SMILES string of the molecule is NC(=O)c1ccc(CC2=CCC3CN(Cc4ccccc4)CC23)cc1. The van der Waals surface area contributed by atoms with E-state index in [1.54, 1.807) is 5.57 Å². The van der Waals surface area contributed by atoms with Crippen LogP contribution in [0.5, 0.6) is 0 Å². The Kier molecular flexibility index (Phi) is 4.41. The average molecular weight is 332 g/mol. The van der Waals surface area contributed by atoms with Gasteiger partial charge in [-0.05, 0) is 47.9 Å². The molecular weight excluding hydrogens is 308 g/mol.